The highest BCUT2D eigenvalue weighted by molar-refractivity contribution is 7.12. The van der Waals surface area contributed by atoms with Gasteiger partial charge in [-0.05, 0) is 80.7 Å². The number of thiophene rings is 1. The van der Waals surface area contributed by atoms with Crippen LogP contribution in [-0.2, 0) is 34.4 Å². The Hall–Kier alpha value is -1.76. The van der Waals surface area contributed by atoms with Crippen LogP contribution in [-0.4, -0.2) is 42.6 Å². The Morgan fingerprint density at radius 2 is 2.09 bits per heavy atom. The minimum atomic E-state index is -0.236. The second kappa shape index (κ2) is 10.1. The lowest BCUT2D eigenvalue weighted by atomic mass is 9.76. The number of ether oxygens (including phenoxy) is 1. The highest BCUT2D eigenvalue weighted by Gasteiger charge is 2.45. The first kappa shape index (κ1) is 24.0. The van der Waals surface area contributed by atoms with Gasteiger partial charge in [-0.3, -0.25) is 4.79 Å². The van der Waals surface area contributed by atoms with Crippen molar-refractivity contribution < 1.29 is 13.9 Å². The third-order valence-corrected chi connectivity index (χ3v) is 9.44. The summed E-state index contributed by atoms with van der Waals surface area (Å²) < 4.78 is 19.5. The molecule has 1 amide bonds. The molecule has 3 aliphatic rings. The van der Waals surface area contributed by atoms with Crippen LogP contribution in [0.25, 0.3) is 0 Å². The second-order valence-corrected chi connectivity index (χ2v) is 11.7. The molecule has 3 heterocycles. The van der Waals surface area contributed by atoms with Crippen molar-refractivity contribution in [1.82, 2.24) is 10.2 Å². The van der Waals surface area contributed by atoms with Crippen LogP contribution in [0.15, 0.2) is 30.3 Å². The predicted octanol–water partition coefficient (Wildman–Crippen LogP) is 5.23. The second-order valence-electron chi connectivity index (χ2n) is 10.5. The summed E-state index contributed by atoms with van der Waals surface area (Å²) in [6.07, 6.45) is 7.60. The molecule has 1 aromatic carbocycles. The predicted molar refractivity (Wildman–Crippen MR) is 135 cm³/mol. The molecule has 6 heteroatoms. The van der Waals surface area contributed by atoms with Crippen LogP contribution in [0.2, 0.25) is 0 Å². The monoisotopic (exact) mass is 484 g/mol. The molecular weight excluding hydrogens is 447 g/mol. The van der Waals surface area contributed by atoms with Crippen molar-refractivity contribution in [3.8, 4) is 0 Å². The normalized spacial score (nSPS) is 29.0. The lowest BCUT2D eigenvalue weighted by Gasteiger charge is -2.49. The van der Waals surface area contributed by atoms with Gasteiger partial charge in [-0.2, -0.15) is 0 Å². The SMILES string of the molecule is CCc1cc2c(s1)CCO[C@@]21CCN(CC2CC(NC(=O)CCc3ccc(F)cc3)C2)[C@@H](C)C1. The van der Waals surface area contributed by atoms with Gasteiger partial charge in [0.15, 0.2) is 0 Å². The number of amides is 1. The first-order chi connectivity index (χ1) is 16.4. The molecule has 1 aromatic heterocycles. The lowest BCUT2D eigenvalue weighted by Crippen LogP contribution is -2.54. The molecule has 5 rings (SSSR count). The Balaban J connectivity index is 1.06. The fraction of sp³-hybridized carbons (Fsp3) is 0.607. The number of aryl methyl sites for hydroxylation is 2. The molecular formula is C28H37FN2O2S. The van der Waals surface area contributed by atoms with Crippen molar-refractivity contribution in [3.63, 3.8) is 0 Å². The lowest BCUT2D eigenvalue weighted by molar-refractivity contribution is -0.123. The fourth-order valence-corrected chi connectivity index (χ4v) is 7.27. The molecule has 1 saturated heterocycles. The number of nitrogens with zero attached hydrogens (tertiary/aromatic N) is 1. The minimum Gasteiger partial charge on any atom is -0.370 e. The summed E-state index contributed by atoms with van der Waals surface area (Å²) in [6, 6.07) is 9.66. The van der Waals surface area contributed by atoms with E-state index in [0.717, 1.165) is 63.8 Å². The fourth-order valence-electron chi connectivity index (χ4n) is 6.09. The van der Waals surface area contributed by atoms with E-state index < -0.39 is 0 Å². The average molecular weight is 485 g/mol. The third-order valence-electron chi connectivity index (χ3n) is 8.11. The summed E-state index contributed by atoms with van der Waals surface area (Å²) in [6.45, 7) is 7.67. The standard InChI is InChI=1S/C28H37FN2O2S/c1-3-24-16-25-26(34-24)10-13-33-28(25)11-12-31(19(2)17-28)18-21-14-23(15-21)30-27(32)9-6-20-4-7-22(29)8-5-20/h4-5,7-8,16,19,21,23H,3,6,9-15,17-18H2,1-2H3,(H,30,32)/t19-,21?,23?,28+/m0/s1. The Kier molecular flexibility index (Phi) is 7.10. The van der Waals surface area contributed by atoms with Gasteiger partial charge in [0.05, 0.1) is 12.2 Å². The number of likely N-dealkylation sites (tertiary alicyclic amines) is 1. The van der Waals surface area contributed by atoms with Gasteiger partial charge in [0.25, 0.3) is 0 Å². The van der Waals surface area contributed by atoms with Crippen LogP contribution < -0.4 is 5.32 Å². The van der Waals surface area contributed by atoms with Gasteiger partial charge >= 0.3 is 0 Å². The van der Waals surface area contributed by atoms with E-state index in [2.05, 4.69) is 30.1 Å². The summed E-state index contributed by atoms with van der Waals surface area (Å²) in [7, 11) is 0. The number of rotatable bonds is 7. The van der Waals surface area contributed by atoms with Crippen LogP contribution in [0.4, 0.5) is 4.39 Å². The van der Waals surface area contributed by atoms with Crippen molar-refractivity contribution in [2.45, 2.75) is 82.9 Å². The summed E-state index contributed by atoms with van der Waals surface area (Å²) in [5.41, 5.74) is 2.41. The van der Waals surface area contributed by atoms with E-state index in [1.807, 2.05) is 11.3 Å². The maximum atomic E-state index is 13.0. The van der Waals surface area contributed by atoms with Crippen LogP contribution >= 0.6 is 11.3 Å². The summed E-state index contributed by atoms with van der Waals surface area (Å²) in [5, 5.41) is 3.19. The molecule has 2 fully saturated rings. The van der Waals surface area contributed by atoms with Gasteiger partial charge in [0.1, 0.15) is 5.82 Å². The van der Waals surface area contributed by atoms with Crippen molar-refractivity contribution in [2.24, 2.45) is 5.92 Å². The molecule has 184 valence electrons. The van der Waals surface area contributed by atoms with E-state index in [-0.39, 0.29) is 17.3 Å². The Bertz CT molecular complexity index is 1000. The van der Waals surface area contributed by atoms with E-state index in [9.17, 15) is 9.18 Å². The van der Waals surface area contributed by atoms with Gasteiger partial charge in [0, 0.05) is 47.8 Å². The maximum absolute atomic E-state index is 13.0. The molecule has 34 heavy (non-hydrogen) atoms. The van der Waals surface area contributed by atoms with E-state index in [4.69, 9.17) is 4.74 Å². The first-order valence-corrected chi connectivity index (χ1v) is 13.8. The third kappa shape index (κ3) is 5.09. The summed E-state index contributed by atoms with van der Waals surface area (Å²) >= 11 is 1.99. The largest absolute Gasteiger partial charge is 0.370 e. The number of carbonyl (C=O) groups excluding carboxylic acids is 1. The van der Waals surface area contributed by atoms with E-state index in [1.165, 1.54) is 22.6 Å². The molecule has 4 nitrogen and oxygen atoms in total. The highest BCUT2D eigenvalue weighted by Crippen LogP contribution is 2.46. The summed E-state index contributed by atoms with van der Waals surface area (Å²) in [5.74, 6) is 0.531. The number of carbonyl (C=O) groups is 1. The topological polar surface area (TPSA) is 41.6 Å². The number of halogens is 1. The van der Waals surface area contributed by atoms with Crippen LogP contribution in [0.5, 0.6) is 0 Å². The number of fused-ring (bicyclic) bond motifs is 2. The molecule has 0 unspecified atom stereocenters. The molecule has 1 N–H and O–H groups in total. The number of hydrogen-bond acceptors (Lipinski definition) is 4. The highest BCUT2D eigenvalue weighted by atomic mass is 32.1. The number of nitrogens with one attached hydrogen (secondary N) is 1. The van der Waals surface area contributed by atoms with E-state index >= 15 is 0 Å². The first-order valence-electron chi connectivity index (χ1n) is 13.0. The van der Waals surface area contributed by atoms with Crippen molar-refractivity contribution in [1.29, 1.82) is 0 Å². The van der Waals surface area contributed by atoms with Gasteiger partial charge in [-0.25, -0.2) is 4.39 Å². The van der Waals surface area contributed by atoms with E-state index in [0.29, 0.717) is 30.8 Å². The Morgan fingerprint density at radius 3 is 2.82 bits per heavy atom. The maximum Gasteiger partial charge on any atom is 0.220 e. The zero-order valence-corrected chi connectivity index (χ0v) is 21.3. The van der Waals surface area contributed by atoms with Crippen molar-refractivity contribution in [3.05, 3.63) is 57.0 Å². The van der Waals surface area contributed by atoms with Gasteiger partial charge in [-0.1, -0.05) is 19.1 Å². The van der Waals surface area contributed by atoms with Crippen LogP contribution in [0.1, 0.15) is 66.8 Å². The zero-order valence-electron chi connectivity index (χ0n) is 20.4. The van der Waals surface area contributed by atoms with Gasteiger partial charge in [0.2, 0.25) is 5.91 Å². The number of hydrogen-bond donors (Lipinski definition) is 1. The average Bonchev–Trinajstić information content (AvgIpc) is 3.24. The molecule has 0 bridgehead atoms. The molecule has 1 spiro atoms. The number of piperidine rings is 1. The van der Waals surface area contributed by atoms with Gasteiger partial charge < -0.3 is 15.0 Å². The zero-order chi connectivity index (χ0) is 23.7. The van der Waals surface area contributed by atoms with Crippen molar-refractivity contribution in [2.75, 3.05) is 19.7 Å². The minimum absolute atomic E-state index is 0.0753. The molecule has 2 atom stereocenters. The Labute approximate surface area is 206 Å². The summed E-state index contributed by atoms with van der Waals surface area (Å²) in [4.78, 5) is 18.0. The molecule has 2 aliphatic heterocycles. The van der Waals surface area contributed by atoms with Crippen molar-refractivity contribution >= 4 is 17.2 Å². The molecule has 2 aromatic rings. The quantitative estimate of drug-likeness (QED) is 0.585. The van der Waals surface area contributed by atoms with Crippen LogP contribution in [0, 0.1) is 11.7 Å². The Morgan fingerprint density at radius 1 is 1.29 bits per heavy atom. The molecule has 0 radical (unpaired) electrons. The van der Waals surface area contributed by atoms with E-state index in [1.54, 1.807) is 17.0 Å². The number of benzene rings is 1. The van der Waals surface area contributed by atoms with Crippen LogP contribution in [0.3, 0.4) is 0 Å². The molecule has 1 aliphatic carbocycles. The smallest absolute Gasteiger partial charge is 0.220 e. The van der Waals surface area contributed by atoms with Gasteiger partial charge in [-0.15, -0.1) is 11.3 Å². The molecule has 1 saturated carbocycles.